The van der Waals surface area contributed by atoms with Crippen LogP contribution in [0, 0.1) is 0 Å². The monoisotopic (exact) mass is 235 g/mol. The summed E-state index contributed by atoms with van der Waals surface area (Å²) in [6.45, 7) is 2.25. The van der Waals surface area contributed by atoms with E-state index in [1.54, 1.807) is 6.92 Å². The minimum atomic E-state index is -0.346. The van der Waals surface area contributed by atoms with Crippen LogP contribution in [0.3, 0.4) is 0 Å². The number of nitrogens with zero attached hydrogens (tertiary/aromatic N) is 1. The van der Waals surface area contributed by atoms with Crippen LogP contribution in [0.4, 0.5) is 0 Å². The summed E-state index contributed by atoms with van der Waals surface area (Å²) < 4.78 is 5.66. The second-order valence-electron chi connectivity index (χ2n) is 4.32. The molecular formula is C13H17NO3. The molecular weight excluding hydrogens is 218 g/mol. The fraction of sp³-hybridized carbons (Fsp3) is 0.462. The summed E-state index contributed by atoms with van der Waals surface area (Å²) in [6, 6.07) is 5.76. The maximum Gasteiger partial charge on any atom is 0.123 e. The van der Waals surface area contributed by atoms with E-state index < -0.39 is 0 Å². The van der Waals surface area contributed by atoms with Crippen LogP contribution in [0.15, 0.2) is 23.4 Å². The Morgan fingerprint density at radius 2 is 2.24 bits per heavy atom. The van der Waals surface area contributed by atoms with Gasteiger partial charge in [0.05, 0.1) is 18.4 Å². The maximum absolute atomic E-state index is 9.17. The number of fused-ring (bicyclic) bond motifs is 1. The number of oxime groups is 1. The highest BCUT2D eigenvalue weighted by Crippen LogP contribution is 2.30. The van der Waals surface area contributed by atoms with Gasteiger partial charge in [0.25, 0.3) is 0 Å². The minimum absolute atomic E-state index is 0.346. The largest absolute Gasteiger partial charge is 0.493 e. The molecule has 0 spiro atoms. The Labute approximate surface area is 101 Å². The molecule has 1 atom stereocenters. The Morgan fingerprint density at radius 3 is 2.94 bits per heavy atom. The average molecular weight is 235 g/mol. The van der Waals surface area contributed by atoms with Gasteiger partial charge in [-0.3, -0.25) is 0 Å². The standard InChI is InChI=1S/C13H17NO3/c1-9(15)7-8-17-13-4-2-3-10-11(13)5-6-12(10)14-16/h2-4,9,15-16H,5-8H2,1H3/b14-12+. The summed E-state index contributed by atoms with van der Waals surface area (Å²) >= 11 is 0. The molecule has 1 aliphatic carbocycles. The lowest BCUT2D eigenvalue weighted by Gasteiger charge is -2.11. The Balaban J connectivity index is 2.12. The second-order valence-corrected chi connectivity index (χ2v) is 4.32. The topological polar surface area (TPSA) is 62.0 Å². The molecule has 1 aromatic carbocycles. The van der Waals surface area contributed by atoms with Crippen LogP contribution in [0.5, 0.6) is 5.75 Å². The van der Waals surface area contributed by atoms with Crippen LogP contribution >= 0.6 is 0 Å². The third-order valence-electron chi connectivity index (χ3n) is 2.97. The van der Waals surface area contributed by atoms with E-state index in [-0.39, 0.29) is 6.10 Å². The predicted molar refractivity (Wildman–Crippen MR) is 64.9 cm³/mol. The van der Waals surface area contributed by atoms with Gasteiger partial charge >= 0.3 is 0 Å². The van der Waals surface area contributed by atoms with Gasteiger partial charge in [-0.2, -0.15) is 0 Å². The average Bonchev–Trinajstić information content (AvgIpc) is 2.72. The van der Waals surface area contributed by atoms with Crippen molar-refractivity contribution in [3.63, 3.8) is 0 Å². The normalized spacial score (nSPS) is 18.1. The van der Waals surface area contributed by atoms with Crippen molar-refractivity contribution < 1.29 is 15.1 Å². The quantitative estimate of drug-likeness (QED) is 0.619. The molecule has 4 heteroatoms. The van der Waals surface area contributed by atoms with Crippen LogP contribution in [0.1, 0.15) is 30.9 Å². The molecule has 0 heterocycles. The zero-order chi connectivity index (χ0) is 12.3. The van der Waals surface area contributed by atoms with Gasteiger partial charge in [0.15, 0.2) is 0 Å². The fourth-order valence-electron chi connectivity index (χ4n) is 2.05. The Bertz CT molecular complexity index is 427. The highest BCUT2D eigenvalue weighted by molar-refractivity contribution is 6.04. The molecule has 0 radical (unpaired) electrons. The molecule has 0 bridgehead atoms. The minimum Gasteiger partial charge on any atom is -0.493 e. The summed E-state index contributed by atoms with van der Waals surface area (Å²) in [5.41, 5.74) is 2.80. The highest BCUT2D eigenvalue weighted by atomic mass is 16.5. The summed E-state index contributed by atoms with van der Waals surface area (Å²) in [5, 5.41) is 21.3. The van der Waals surface area contributed by atoms with Crippen LogP contribution in [-0.2, 0) is 6.42 Å². The number of hydrogen-bond acceptors (Lipinski definition) is 4. The summed E-state index contributed by atoms with van der Waals surface area (Å²) in [4.78, 5) is 0. The zero-order valence-electron chi connectivity index (χ0n) is 9.89. The van der Waals surface area contributed by atoms with Gasteiger partial charge in [0, 0.05) is 17.5 Å². The first-order chi connectivity index (χ1) is 8.22. The van der Waals surface area contributed by atoms with Crippen molar-refractivity contribution in [1.82, 2.24) is 0 Å². The van der Waals surface area contributed by atoms with Crippen molar-refractivity contribution in [3.8, 4) is 5.75 Å². The van der Waals surface area contributed by atoms with E-state index in [9.17, 15) is 5.11 Å². The third-order valence-corrected chi connectivity index (χ3v) is 2.97. The van der Waals surface area contributed by atoms with E-state index in [2.05, 4.69) is 5.16 Å². The SMILES string of the molecule is CC(O)CCOc1cccc2c1CC/C2=N\O. The number of benzene rings is 1. The predicted octanol–water partition coefficient (Wildman–Crippen LogP) is 1.96. The zero-order valence-corrected chi connectivity index (χ0v) is 9.89. The van der Waals surface area contributed by atoms with Crippen molar-refractivity contribution in [2.75, 3.05) is 6.61 Å². The van der Waals surface area contributed by atoms with Gasteiger partial charge in [0.2, 0.25) is 0 Å². The van der Waals surface area contributed by atoms with Crippen molar-refractivity contribution >= 4 is 5.71 Å². The van der Waals surface area contributed by atoms with E-state index >= 15 is 0 Å². The molecule has 92 valence electrons. The number of aliphatic hydroxyl groups excluding tert-OH is 1. The molecule has 2 rings (SSSR count). The van der Waals surface area contributed by atoms with Crippen molar-refractivity contribution in [2.45, 2.75) is 32.3 Å². The van der Waals surface area contributed by atoms with Crippen molar-refractivity contribution in [3.05, 3.63) is 29.3 Å². The molecule has 1 aromatic rings. The van der Waals surface area contributed by atoms with Crippen LogP contribution < -0.4 is 4.74 Å². The Kier molecular flexibility index (Phi) is 3.64. The maximum atomic E-state index is 9.17. The Hall–Kier alpha value is -1.55. The lowest BCUT2D eigenvalue weighted by molar-refractivity contribution is 0.155. The molecule has 0 aromatic heterocycles. The van der Waals surface area contributed by atoms with Crippen molar-refractivity contribution in [2.24, 2.45) is 5.16 Å². The van der Waals surface area contributed by atoms with E-state index in [0.717, 1.165) is 35.4 Å². The molecule has 0 saturated heterocycles. The Morgan fingerprint density at radius 1 is 1.41 bits per heavy atom. The molecule has 0 aliphatic heterocycles. The van der Waals surface area contributed by atoms with Gasteiger partial charge < -0.3 is 15.1 Å². The van der Waals surface area contributed by atoms with Crippen molar-refractivity contribution in [1.29, 1.82) is 0 Å². The number of ether oxygens (including phenoxy) is 1. The molecule has 0 fully saturated rings. The lowest BCUT2D eigenvalue weighted by Crippen LogP contribution is -2.08. The summed E-state index contributed by atoms with van der Waals surface area (Å²) in [5.74, 6) is 0.835. The first-order valence-electron chi connectivity index (χ1n) is 5.86. The molecule has 0 amide bonds. The van der Waals surface area contributed by atoms with Gasteiger partial charge in [-0.05, 0) is 25.8 Å². The van der Waals surface area contributed by atoms with Crippen LogP contribution in [-0.4, -0.2) is 28.7 Å². The van der Waals surface area contributed by atoms with E-state index in [1.165, 1.54) is 0 Å². The molecule has 4 nitrogen and oxygen atoms in total. The van der Waals surface area contributed by atoms with Gasteiger partial charge in [-0.15, -0.1) is 0 Å². The molecule has 1 unspecified atom stereocenters. The van der Waals surface area contributed by atoms with Gasteiger partial charge in [0.1, 0.15) is 5.75 Å². The third kappa shape index (κ3) is 2.58. The lowest BCUT2D eigenvalue weighted by atomic mass is 10.1. The van der Waals surface area contributed by atoms with Gasteiger partial charge in [-0.1, -0.05) is 17.3 Å². The molecule has 1 aliphatic rings. The van der Waals surface area contributed by atoms with Crippen LogP contribution in [0.2, 0.25) is 0 Å². The van der Waals surface area contributed by atoms with E-state index in [0.29, 0.717) is 13.0 Å². The number of hydrogen-bond donors (Lipinski definition) is 2. The van der Waals surface area contributed by atoms with Crippen LogP contribution in [0.25, 0.3) is 0 Å². The first-order valence-corrected chi connectivity index (χ1v) is 5.86. The van der Waals surface area contributed by atoms with E-state index in [4.69, 9.17) is 9.94 Å². The van der Waals surface area contributed by atoms with E-state index in [1.807, 2.05) is 18.2 Å². The smallest absolute Gasteiger partial charge is 0.123 e. The highest BCUT2D eigenvalue weighted by Gasteiger charge is 2.21. The fourth-order valence-corrected chi connectivity index (χ4v) is 2.05. The molecule has 0 saturated carbocycles. The number of aliphatic hydroxyl groups is 1. The molecule has 17 heavy (non-hydrogen) atoms. The second kappa shape index (κ2) is 5.19. The van der Waals surface area contributed by atoms with Gasteiger partial charge in [-0.25, -0.2) is 0 Å². The number of rotatable bonds is 4. The summed E-state index contributed by atoms with van der Waals surface area (Å²) in [6.07, 6.45) is 1.87. The first kappa shape index (κ1) is 11.9. The summed E-state index contributed by atoms with van der Waals surface area (Å²) in [7, 11) is 0. The molecule has 2 N–H and O–H groups in total.